The van der Waals surface area contributed by atoms with E-state index in [1.54, 1.807) is 0 Å². The fraction of sp³-hybridized carbons (Fsp3) is 0.500. The Morgan fingerprint density at radius 1 is 1.40 bits per heavy atom. The molecule has 0 N–H and O–H groups in total. The Hall–Kier alpha value is -1.44. The Balaban J connectivity index is 1.68. The summed E-state index contributed by atoms with van der Waals surface area (Å²) >= 11 is 1.84. The van der Waals surface area contributed by atoms with Gasteiger partial charge in [-0.05, 0) is 44.5 Å². The normalized spacial score (nSPS) is 20.1. The Kier molecular flexibility index (Phi) is 4.29. The van der Waals surface area contributed by atoms with Crippen LogP contribution in [0.4, 0.5) is 0 Å². The zero-order chi connectivity index (χ0) is 13.8. The minimum absolute atomic E-state index is 0.572. The lowest BCUT2D eigenvalue weighted by atomic mass is 9.98. The van der Waals surface area contributed by atoms with E-state index in [0.717, 1.165) is 25.0 Å². The first-order valence-electron chi connectivity index (χ1n) is 7.31. The summed E-state index contributed by atoms with van der Waals surface area (Å²) in [7, 11) is 0. The SMILES string of the molecule is N#CCCCN1CCC[C@@H](c2nc3ccccc3s2)C1. The van der Waals surface area contributed by atoms with Gasteiger partial charge in [-0.1, -0.05) is 12.1 Å². The predicted molar refractivity (Wildman–Crippen MR) is 82.9 cm³/mol. The van der Waals surface area contributed by atoms with Crippen molar-refractivity contribution in [2.75, 3.05) is 19.6 Å². The molecule has 104 valence electrons. The molecule has 1 fully saturated rings. The van der Waals surface area contributed by atoms with Crippen LogP contribution < -0.4 is 0 Å². The van der Waals surface area contributed by atoms with Gasteiger partial charge in [0, 0.05) is 18.9 Å². The number of fused-ring (bicyclic) bond motifs is 1. The molecule has 1 aromatic carbocycles. The molecule has 1 aromatic heterocycles. The van der Waals surface area contributed by atoms with Gasteiger partial charge in [-0.15, -0.1) is 11.3 Å². The summed E-state index contributed by atoms with van der Waals surface area (Å²) in [6.45, 7) is 3.33. The van der Waals surface area contributed by atoms with Crippen molar-refractivity contribution in [3.8, 4) is 6.07 Å². The molecule has 1 aliphatic heterocycles. The fourth-order valence-electron chi connectivity index (χ4n) is 2.91. The second-order valence-electron chi connectivity index (χ2n) is 5.42. The molecule has 3 nitrogen and oxygen atoms in total. The Morgan fingerprint density at radius 3 is 3.15 bits per heavy atom. The maximum Gasteiger partial charge on any atom is 0.0982 e. The molecule has 20 heavy (non-hydrogen) atoms. The van der Waals surface area contributed by atoms with Crippen LogP contribution in [0.2, 0.25) is 0 Å². The van der Waals surface area contributed by atoms with E-state index >= 15 is 0 Å². The largest absolute Gasteiger partial charge is 0.303 e. The van der Waals surface area contributed by atoms with E-state index in [9.17, 15) is 0 Å². The molecule has 0 radical (unpaired) electrons. The molecular weight excluding hydrogens is 266 g/mol. The molecule has 4 heteroatoms. The van der Waals surface area contributed by atoms with Crippen LogP contribution in [0.1, 0.15) is 36.6 Å². The number of hydrogen-bond acceptors (Lipinski definition) is 4. The highest BCUT2D eigenvalue weighted by Gasteiger charge is 2.23. The summed E-state index contributed by atoms with van der Waals surface area (Å²) in [5.74, 6) is 0.572. The molecule has 0 amide bonds. The number of likely N-dealkylation sites (tertiary alicyclic amines) is 1. The van der Waals surface area contributed by atoms with Crippen molar-refractivity contribution in [2.24, 2.45) is 0 Å². The van der Waals surface area contributed by atoms with Gasteiger partial charge in [0.05, 0.1) is 21.3 Å². The van der Waals surface area contributed by atoms with E-state index in [2.05, 4.69) is 35.2 Å². The summed E-state index contributed by atoms with van der Waals surface area (Å²) in [6, 6.07) is 10.6. The smallest absolute Gasteiger partial charge is 0.0982 e. The van der Waals surface area contributed by atoms with Gasteiger partial charge in [0.15, 0.2) is 0 Å². The average molecular weight is 285 g/mol. The molecule has 0 aliphatic carbocycles. The molecule has 1 aliphatic rings. The number of piperidine rings is 1. The molecule has 0 bridgehead atoms. The number of para-hydroxylation sites is 1. The van der Waals surface area contributed by atoms with E-state index in [4.69, 9.17) is 10.2 Å². The van der Waals surface area contributed by atoms with Crippen LogP contribution >= 0.6 is 11.3 Å². The monoisotopic (exact) mass is 285 g/mol. The quantitative estimate of drug-likeness (QED) is 0.803. The Morgan fingerprint density at radius 2 is 2.30 bits per heavy atom. The second-order valence-corrected chi connectivity index (χ2v) is 6.48. The van der Waals surface area contributed by atoms with Gasteiger partial charge in [0.1, 0.15) is 0 Å². The molecule has 3 rings (SSSR count). The average Bonchev–Trinajstić information content (AvgIpc) is 2.92. The highest BCUT2D eigenvalue weighted by Crippen LogP contribution is 2.32. The van der Waals surface area contributed by atoms with Gasteiger partial charge >= 0.3 is 0 Å². The first-order valence-corrected chi connectivity index (χ1v) is 8.13. The van der Waals surface area contributed by atoms with Crippen molar-refractivity contribution < 1.29 is 0 Å². The molecule has 2 aromatic rings. The van der Waals surface area contributed by atoms with Crippen molar-refractivity contribution in [3.63, 3.8) is 0 Å². The maximum absolute atomic E-state index is 8.63. The summed E-state index contributed by atoms with van der Waals surface area (Å²) in [6.07, 6.45) is 4.15. The van der Waals surface area contributed by atoms with Crippen molar-refractivity contribution in [2.45, 2.75) is 31.6 Å². The molecular formula is C16H19N3S. The van der Waals surface area contributed by atoms with Gasteiger partial charge in [0.2, 0.25) is 0 Å². The first kappa shape index (κ1) is 13.5. The molecule has 0 unspecified atom stereocenters. The number of nitriles is 1. The zero-order valence-electron chi connectivity index (χ0n) is 11.6. The van der Waals surface area contributed by atoms with Crippen molar-refractivity contribution >= 4 is 21.6 Å². The first-order chi connectivity index (χ1) is 9.86. The van der Waals surface area contributed by atoms with E-state index in [-0.39, 0.29) is 0 Å². The van der Waals surface area contributed by atoms with E-state index in [1.165, 1.54) is 29.1 Å². The summed E-state index contributed by atoms with van der Waals surface area (Å²) in [5.41, 5.74) is 1.13. The fourth-order valence-corrected chi connectivity index (χ4v) is 4.00. The summed E-state index contributed by atoms with van der Waals surface area (Å²) in [4.78, 5) is 7.30. The van der Waals surface area contributed by atoms with Crippen LogP contribution in [0.25, 0.3) is 10.2 Å². The van der Waals surface area contributed by atoms with Crippen LogP contribution in [-0.4, -0.2) is 29.5 Å². The molecule has 1 saturated heterocycles. The number of hydrogen-bond donors (Lipinski definition) is 0. The molecule has 1 atom stereocenters. The maximum atomic E-state index is 8.63. The minimum Gasteiger partial charge on any atom is -0.303 e. The van der Waals surface area contributed by atoms with Gasteiger partial charge in [0.25, 0.3) is 0 Å². The number of thiazole rings is 1. The van der Waals surface area contributed by atoms with Crippen LogP contribution in [0.5, 0.6) is 0 Å². The van der Waals surface area contributed by atoms with Crippen molar-refractivity contribution in [1.29, 1.82) is 5.26 Å². The second kappa shape index (κ2) is 6.34. The van der Waals surface area contributed by atoms with Crippen LogP contribution in [-0.2, 0) is 0 Å². The lowest BCUT2D eigenvalue weighted by Gasteiger charge is -2.31. The topological polar surface area (TPSA) is 39.9 Å². The van der Waals surface area contributed by atoms with Gasteiger partial charge in [-0.25, -0.2) is 4.98 Å². The lowest BCUT2D eigenvalue weighted by molar-refractivity contribution is 0.206. The van der Waals surface area contributed by atoms with Crippen LogP contribution in [0, 0.1) is 11.3 Å². The number of nitrogens with zero attached hydrogens (tertiary/aromatic N) is 3. The Labute approximate surface area is 123 Å². The third-order valence-electron chi connectivity index (χ3n) is 3.93. The standard InChI is InChI=1S/C16H19N3S/c17-9-3-4-10-19-11-5-6-13(12-19)16-18-14-7-1-2-8-15(14)20-16/h1-2,7-8,13H,3-6,10-12H2/t13-/m1/s1. The number of rotatable bonds is 4. The van der Waals surface area contributed by atoms with E-state index in [0.29, 0.717) is 12.3 Å². The third-order valence-corrected chi connectivity index (χ3v) is 5.13. The Bertz CT molecular complexity index is 580. The van der Waals surface area contributed by atoms with E-state index in [1.807, 2.05) is 11.3 Å². The van der Waals surface area contributed by atoms with Gasteiger partial charge in [-0.3, -0.25) is 0 Å². The van der Waals surface area contributed by atoms with Gasteiger partial charge in [-0.2, -0.15) is 5.26 Å². The lowest BCUT2D eigenvalue weighted by Crippen LogP contribution is -2.35. The highest BCUT2D eigenvalue weighted by atomic mass is 32.1. The third kappa shape index (κ3) is 3.00. The zero-order valence-corrected chi connectivity index (χ0v) is 12.4. The van der Waals surface area contributed by atoms with Crippen molar-refractivity contribution in [3.05, 3.63) is 29.3 Å². The molecule has 2 heterocycles. The molecule has 0 saturated carbocycles. The summed E-state index contributed by atoms with van der Waals surface area (Å²) < 4.78 is 1.30. The number of aromatic nitrogens is 1. The number of unbranched alkanes of at least 4 members (excludes halogenated alkanes) is 1. The van der Waals surface area contributed by atoms with Crippen molar-refractivity contribution in [1.82, 2.24) is 9.88 Å². The van der Waals surface area contributed by atoms with Gasteiger partial charge < -0.3 is 4.90 Å². The highest BCUT2D eigenvalue weighted by molar-refractivity contribution is 7.18. The summed E-state index contributed by atoms with van der Waals surface area (Å²) in [5, 5.41) is 9.92. The van der Waals surface area contributed by atoms with Crippen LogP contribution in [0.15, 0.2) is 24.3 Å². The van der Waals surface area contributed by atoms with Crippen LogP contribution in [0.3, 0.4) is 0 Å². The van der Waals surface area contributed by atoms with E-state index < -0.39 is 0 Å². The number of benzene rings is 1. The molecule has 0 spiro atoms. The predicted octanol–water partition coefficient (Wildman–Crippen LogP) is 3.78. The minimum atomic E-state index is 0.572.